The first-order chi connectivity index (χ1) is 20.9. The predicted molar refractivity (Wildman–Crippen MR) is 155 cm³/mol. The van der Waals surface area contributed by atoms with E-state index in [1.807, 2.05) is 54.6 Å². The van der Waals surface area contributed by atoms with Gasteiger partial charge in [-0.1, -0.05) is 48.5 Å². The number of rotatable bonds is 6. The third-order valence-corrected chi connectivity index (χ3v) is 8.50. The summed E-state index contributed by atoms with van der Waals surface area (Å²) in [5.74, 6) is -4.23. The van der Waals surface area contributed by atoms with E-state index in [1.54, 1.807) is 22.6 Å². The van der Waals surface area contributed by atoms with Crippen LogP contribution in [0.2, 0.25) is 0 Å². The zero-order chi connectivity index (χ0) is 32.2. The maximum absolute atomic E-state index is 14.3. The number of likely N-dealkylation sites (N-methyl/N-ethyl adjacent to an activating group) is 1. The average molecular weight is 617 g/mol. The van der Waals surface area contributed by atoms with Crippen molar-refractivity contribution in [1.82, 2.24) is 14.8 Å². The highest BCUT2D eigenvalue weighted by molar-refractivity contribution is 5.95. The number of likely N-dealkylation sites (tertiary alicyclic amines) is 1. The number of para-hydroxylation sites is 1. The summed E-state index contributed by atoms with van der Waals surface area (Å²) in [5, 5.41) is 20.8. The molecular weight excluding hydrogens is 581 g/mol. The quantitative estimate of drug-likeness (QED) is 0.321. The summed E-state index contributed by atoms with van der Waals surface area (Å²) < 4.78 is 33.5. The molecule has 1 saturated heterocycles. The van der Waals surface area contributed by atoms with Crippen LogP contribution in [-0.2, 0) is 14.4 Å². The largest absolute Gasteiger partial charge is 0.490 e. The van der Waals surface area contributed by atoms with E-state index in [-0.39, 0.29) is 29.3 Å². The number of aliphatic carboxylic acids is 1. The molecule has 2 aromatic carbocycles. The molecule has 1 aliphatic carbocycles. The summed E-state index contributed by atoms with van der Waals surface area (Å²) in [6.45, 7) is 0.613. The molecule has 236 valence electrons. The van der Waals surface area contributed by atoms with Crippen molar-refractivity contribution in [2.45, 2.75) is 56.4 Å². The lowest BCUT2D eigenvalue weighted by molar-refractivity contribution is -0.192. The van der Waals surface area contributed by atoms with Gasteiger partial charge in [-0.05, 0) is 62.3 Å². The number of nitrogens with two attached hydrogens (primary N) is 1. The number of carboxylic acid groups (broad SMARTS) is 2. The second-order valence-corrected chi connectivity index (χ2v) is 11.1. The van der Waals surface area contributed by atoms with Gasteiger partial charge in [-0.3, -0.25) is 9.59 Å². The molecule has 0 radical (unpaired) electrons. The third kappa shape index (κ3) is 6.72. The molecule has 44 heavy (non-hydrogen) atoms. The first-order valence-electron chi connectivity index (χ1n) is 14.3. The Labute approximate surface area is 251 Å². The van der Waals surface area contributed by atoms with Crippen molar-refractivity contribution in [3.8, 4) is 0 Å². The molecule has 5 N–H and O–H groups in total. The van der Waals surface area contributed by atoms with Gasteiger partial charge in [0.05, 0.1) is 5.52 Å². The molecular formula is C31H35F3N4O6. The summed E-state index contributed by atoms with van der Waals surface area (Å²) in [6, 6.07) is 18.1. The molecule has 1 saturated carbocycles. The van der Waals surface area contributed by atoms with Crippen LogP contribution in [0, 0.1) is 11.8 Å². The first-order valence-corrected chi connectivity index (χ1v) is 14.3. The van der Waals surface area contributed by atoms with Crippen LogP contribution in [0.25, 0.3) is 10.9 Å². The minimum Gasteiger partial charge on any atom is -0.477 e. The molecule has 0 bridgehead atoms. The van der Waals surface area contributed by atoms with Crippen LogP contribution in [0.5, 0.6) is 0 Å². The fourth-order valence-corrected chi connectivity index (χ4v) is 6.36. The smallest absolute Gasteiger partial charge is 0.477 e. The van der Waals surface area contributed by atoms with Gasteiger partial charge < -0.3 is 30.7 Å². The molecule has 3 aromatic rings. The second kappa shape index (κ2) is 13.5. The van der Waals surface area contributed by atoms with E-state index in [9.17, 15) is 32.7 Å². The number of aromatic carboxylic acids is 1. The lowest BCUT2D eigenvalue weighted by Crippen LogP contribution is -2.51. The summed E-state index contributed by atoms with van der Waals surface area (Å²) >= 11 is 0. The highest BCUT2D eigenvalue weighted by Crippen LogP contribution is 2.46. The maximum atomic E-state index is 14.3. The predicted octanol–water partition coefficient (Wildman–Crippen LogP) is 4.37. The minimum absolute atomic E-state index is 0.0818. The Hall–Kier alpha value is -4.39. The van der Waals surface area contributed by atoms with Crippen LogP contribution in [0.1, 0.15) is 60.2 Å². The van der Waals surface area contributed by atoms with Crippen molar-refractivity contribution in [3.63, 3.8) is 0 Å². The number of carbonyl (C=O) groups excluding carboxylic acids is 2. The van der Waals surface area contributed by atoms with Crippen LogP contribution in [0.3, 0.4) is 0 Å². The SMILES string of the molecule is CNC(=O)[C@@H]1[C@H](c2ccccc2)CC(n2c(C(=O)O)cc3ccccc32)N1C(=O)C1CCC(CN)CC1.O=C(O)C(F)(F)F. The maximum Gasteiger partial charge on any atom is 0.490 e. The van der Waals surface area contributed by atoms with Crippen molar-refractivity contribution >= 4 is 34.7 Å². The molecule has 2 amide bonds. The first kappa shape index (κ1) is 32.5. The zero-order valence-corrected chi connectivity index (χ0v) is 24.0. The number of fused-ring (bicyclic) bond motifs is 1. The standard InChI is InChI=1S/C29H34N4O4.C2HF3O2/c1-31-27(34)26-22(19-7-3-2-4-8-19)16-25(33(26)28(35)20-13-11-18(17-30)12-14-20)32-23-10-6-5-9-21(23)15-24(32)29(36)37;3-2(4,5)1(6)7/h2-10,15,18,20,22,25-26H,11-14,16-17,30H2,1H3,(H,31,34)(H,36,37);(H,6,7)/t18?,20?,22-,25?,26-;/m0./s1. The number of nitrogens with zero attached hydrogens (tertiary/aromatic N) is 2. The van der Waals surface area contributed by atoms with E-state index in [1.165, 1.54) is 0 Å². The van der Waals surface area contributed by atoms with Crippen molar-refractivity contribution in [2.75, 3.05) is 13.6 Å². The fraction of sp³-hybridized carbons (Fsp3) is 0.419. The van der Waals surface area contributed by atoms with Crippen LogP contribution in [0.15, 0.2) is 60.7 Å². The van der Waals surface area contributed by atoms with E-state index in [2.05, 4.69) is 5.32 Å². The number of aromatic nitrogens is 1. The van der Waals surface area contributed by atoms with Gasteiger partial charge >= 0.3 is 18.1 Å². The summed E-state index contributed by atoms with van der Waals surface area (Å²) in [5.41, 5.74) is 7.69. The zero-order valence-electron chi connectivity index (χ0n) is 24.0. The molecule has 3 atom stereocenters. The van der Waals surface area contributed by atoms with E-state index in [0.29, 0.717) is 18.9 Å². The van der Waals surface area contributed by atoms with E-state index < -0.39 is 30.3 Å². The van der Waals surface area contributed by atoms with Gasteiger partial charge in [0.2, 0.25) is 11.8 Å². The Morgan fingerprint density at radius 2 is 1.55 bits per heavy atom. The van der Waals surface area contributed by atoms with E-state index >= 15 is 0 Å². The van der Waals surface area contributed by atoms with E-state index in [0.717, 1.165) is 42.1 Å². The van der Waals surface area contributed by atoms with Gasteiger partial charge in [0.1, 0.15) is 17.9 Å². The number of carboxylic acids is 2. The van der Waals surface area contributed by atoms with Gasteiger partial charge in [0.15, 0.2) is 0 Å². The number of alkyl halides is 3. The van der Waals surface area contributed by atoms with Crippen molar-refractivity contribution in [1.29, 1.82) is 0 Å². The molecule has 1 aliphatic heterocycles. The second-order valence-electron chi connectivity index (χ2n) is 11.1. The highest BCUT2D eigenvalue weighted by atomic mass is 19.4. The van der Waals surface area contributed by atoms with Crippen LogP contribution < -0.4 is 11.1 Å². The Morgan fingerprint density at radius 1 is 0.955 bits per heavy atom. The van der Waals surface area contributed by atoms with Gasteiger partial charge in [0, 0.05) is 24.3 Å². The molecule has 0 spiro atoms. The van der Waals surface area contributed by atoms with Crippen molar-refractivity contribution in [2.24, 2.45) is 17.6 Å². The third-order valence-electron chi connectivity index (χ3n) is 8.50. The molecule has 13 heteroatoms. The number of hydrogen-bond acceptors (Lipinski definition) is 5. The normalized spacial score (nSPS) is 23.5. The van der Waals surface area contributed by atoms with Gasteiger partial charge in [0.25, 0.3) is 0 Å². The number of benzene rings is 2. The lowest BCUT2D eigenvalue weighted by Gasteiger charge is -2.36. The average Bonchev–Trinajstić information content (AvgIpc) is 3.60. The fourth-order valence-electron chi connectivity index (χ4n) is 6.36. The van der Waals surface area contributed by atoms with Gasteiger partial charge in [-0.15, -0.1) is 0 Å². The van der Waals surface area contributed by atoms with Crippen molar-refractivity contribution in [3.05, 3.63) is 71.9 Å². The highest BCUT2D eigenvalue weighted by Gasteiger charge is 2.51. The minimum atomic E-state index is -5.08. The molecule has 10 nitrogen and oxygen atoms in total. The molecule has 2 fully saturated rings. The Kier molecular flexibility index (Phi) is 9.98. The Balaban J connectivity index is 0.000000566. The number of nitrogens with one attached hydrogen (secondary N) is 1. The van der Waals surface area contributed by atoms with Crippen LogP contribution in [0.4, 0.5) is 13.2 Å². The summed E-state index contributed by atoms with van der Waals surface area (Å²) in [6.07, 6.45) is -2.06. The van der Waals surface area contributed by atoms with E-state index in [4.69, 9.17) is 15.6 Å². The molecule has 2 heterocycles. The number of hydrogen-bond donors (Lipinski definition) is 4. The summed E-state index contributed by atoms with van der Waals surface area (Å²) in [4.78, 5) is 50.7. The Bertz CT molecular complexity index is 1500. The number of halogens is 3. The van der Waals surface area contributed by atoms with Crippen molar-refractivity contribution < 1.29 is 42.6 Å². The van der Waals surface area contributed by atoms with Gasteiger partial charge in [-0.2, -0.15) is 13.2 Å². The monoisotopic (exact) mass is 616 g/mol. The van der Waals surface area contributed by atoms with Gasteiger partial charge in [-0.25, -0.2) is 9.59 Å². The number of carbonyl (C=O) groups is 4. The molecule has 1 aromatic heterocycles. The number of amides is 2. The molecule has 2 aliphatic rings. The Morgan fingerprint density at radius 3 is 2.09 bits per heavy atom. The molecule has 5 rings (SSSR count). The topological polar surface area (TPSA) is 155 Å². The molecule has 1 unspecified atom stereocenters. The van der Waals surface area contributed by atoms with Crippen LogP contribution >= 0.6 is 0 Å². The van der Waals surface area contributed by atoms with Crippen LogP contribution in [-0.4, -0.2) is 69.2 Å². The lowest BCUT2D eigenvalue weighted by atomic mass is 9.81. The summed E-state index contributed by atoms with van der Waals surface area (Å²) in [7, 11) is 1.58.